The minimum absolute atomic E-state index is 0.0122. The molecule has 31 heavy (non-hydrogen) atoms. The zero-order valence-electron chi connectivity index (χ0n) is 17.5. The summed E-state index contributed by atoms with van der Waals surface area (Å²) < 4.78 is 19.3. The van der Waals surface area contributed by atoms with Gasteiger partial charge in [0.25, 0.3) is 5.91 Å². The van der Waals surface area contributed by atoms with E-state index < -0.39 is 5.91 Å². The first-order chi connectivity index (χ1) is 15.0. The maximum absolute atomic E-state index is 13.5. The van der Waals surface area contributed by atoms with Crippen molar-refractivity contribution in [2.45, 2.75) is 20.3 Å². The van der Waals surface area contributed by atoms with E-state index in [1.54, 1.807) is 18.2 Å². The molecule has 156 valence electrons. The van der Waals surface area contributed by atoms with Crippen molar-refractivity contribution in [1.82, 2.24) is 0 Å². The Labute approximate surface area is 181 Å². The number of carbonyl (C=O) groups is 1. The number of ether oxygens (including phenoxy) is 1. The number of nitriles is 1. The molecule has 1 amide bonds. The summed E-state index contributed by atoms with van der Waals surface area (Å²) in [6.07, 6.45) is 2.04. The zero-order chi connectivity index (χ0) is 22.2. The lowest BCUT2D eigenvalue weighted by Gasteiger charge is -2.12. The normalized spacial score (nSPS) is 11.0. The van der Waals surface area contributed by atoms with Gasteiger partial charge in [0.15, 0.2) is 0 Å². The standard InChI is InChI=1S/C26H23FN2O2/c1-3-31-25-16-20(10-11-21(25)13-19-7-5-8-23(27)15-19)14-22(17-28)26(30)29-24-9-4-6-18(2)12-24/h4-12,14-16H,3,13H2,1-2H3,(H,29,30)/b22-14+. The first-order valence-electron chi connectivity index (χ1n) is 9.98. The number of hydrogen-bond donors (Lipinski definition) is 1. The Kier molecular flexibility index (Phi) is 7.18. The molecular formula is C26H23FN2O2. The average Bonchev–Trinajstić information content (AvgIpc) is 2.74. The lowest BCUT2D eigenvalue weighted by molar-refractivity contribution is -0.112. The van der Waals surface area contributed by atoms with Crippen molar-refractivity contribution in [3.05, 3.63) is 100 Å². The van der Waals surface area contributed by atoms with Gasteiger partial charge in [-0.15, -0.1) is 0 Å². The van der Waals surface area contributed by atoms with Crippen molar-refractivity contribution >= 4 is 17.7 Å². The van der Waals surface area contributed by atoms with Crippen LogP contribution in [0.15, 0.2) is 72.3 Å². The fourth-order valence-corrected chi connectivity index (χ4v) is 3.20. The Bertz CT molecular complexity index is 1160. The van der Waals surface area contributed by atoms with Crippen LogP contribution in [0.1, 0.15) is 29.2 Å². The maximum atomic E-state index is 13.5. The molecule has 0 unspecified atom stereocenters. The number of halogens is 1. The average molecular weight is 414 g/mol. The van der Waals surface area contributed by atoms with Gasteiger partial charge >= 0.3 is 0 Å². The fourth-order valence-electron chi connectivity index (χ4n) is 3.20. The first-order valence-corrected chi connectivity index (χ1v) is 9.98. The number of hydrogen-bond acceptors (Lipinski definition) is 3. The third-order valence-corrected chi connectivity index (χ3v) is 4.63. The fraction of sp³-hybridized carbons (Fsp3) is 0.154. The van der Waals surface area contributed by atoms with E-state index in [1.807, 2.05) is 56.3 Å². The Morgan fingerprint density at radius 1 is 1.13 bits per heavy atom. The smallest absolute Gasteiger partial charge is 0.266 e. The molecule has 0 aliphatic rings. The number of amides is 1. The van der Waals surface area contributed by atoms with E-state index in [0.29, 0.717) is 30.0 Å². The maximum Gasteiger partial charge on any atom is 0.266 e. The molecule has 0 aliphatic carbocycles. The summed E-state index contributed by atoms with van der Waals surface area (Å²) in [5.41, 5.74) is 4.03. The molecule has 0 radical (unpaired) electrons. The van der Waals surface area contributed by atoms with Crippen LogP contribution in [0.25, 0.3) is 6.08 Å². The largest absolute Gasteiger partial charge is 0.494 e. The summed E-state index contributed by atoms with van der Waals surface area (Å²) in [7, 11) is 0. The minimum atomic E-state index is -0.477. The summed E-state index contributed by atoms with van der Waals surface area (Å²) in [6.45, 7) is 4.27. The second-order valence-electron chi connectivity index (χ2n) is 7.10. The molecule has 0 atom stereocenters. The minimum Gasteiger partial charge on any atom is -0.494 e. The zero-order valence-corrected chi connectivity index (χ0v) is 17.5. The summed E-state index contributed by atoms with van der Waals surface area (Å²) >= 11 is 0. The molecule has 0 spiro atoms. The van der Waals surface area contributed by atoms with Gasteiger partial charge in [-0.1, -0.05) is 36.4 Å². The highest BCUT2D eigenvalue weighted by Crippen LogP contribution is 2.25. The van der Waals surface area contributed by atoms with Gasteiger partial charge in [-0.3, -0.25) is 4.79 Å². The molecule has 0 heterocycles. The monoisotopic (exact) mass is 414 g/mol. The van der Waals surface area contributed by atoms with Gasteiger partial charge in [0, 0.05) is 12.1 Å². The van der Waals surface area contributed by atoms with Crippen molar-refractivity contribution < 1.29 is 13.9 Å². The van der Waals surface area contributed by atoms with Crippen LogP contribution in [0, 0.1) is 24.1 Å². The highest BCUT2D eigenvalue weighted by Gasteiger charge is 2.12. The van der Waals surface area contributed by atoms with Gasteiger partial charge in [-0.25, -0.2) is 4.39 Å². The van der Waals surface area contributed by atoms with Crippen LogP contribution in [-0.4, -0.2) is 12.5 Å². The highest BCUT2D eigenvalue weighted by molar-refractivity contribution is 6.09. The summed E-state index contributed by atoms with van der Waals surface area (Å²) in [5.74, 6) is -0.125. The van der Waals surface area contributed by atoms with E-state index >= 15 is 0 Å². The quantitative estimate of drug-likeness (QED) is 0.400. The third-order valence-electron chi connectivity index (χ3n) is 4.63. The van der Waals surface area contributed by atoms with Crippen LogP contribution in [0.2, 0.25) is 0 Å². The third kappa shape index (κ3) is 6.03. The van der Waals surface area contributed by atoms with Crippen LogP contribution in [0.3, 0.4) is 0 Å². The van der Waals surface area contributed by atoms with Gasteiger partial charge in [-0.05, 0) is 72.5 Å². The van der Waals surface area contributed by atoms with Crippen molar-refractivity contribution in [2.75, 3.05) is 11.9 Å². The predicted octanol–water partition coefficient (Wildman–Crippen LogP) is 5.67. The molecule has 0 aliphatic heterocycles. The molecule has 3 rings (SSSR count). The van der Waals surface area contributed by atoms with E-state index in [9.17, 15) is 14.4 Å². The number of rotatable bonds is 7. The second kappa shape index (κ2) is 10.2. The van der Waals surface area contributed by atoms with Crippen LogP contribution in [0.4, 0.5) is 10.1 Å². The second-order valence-corrected chi connectivity index (χ2v) is 7.10. The van der Waals surface area contributed by atoms with Crippen LogP contribution >= 0.6 is 0 Å². The van der Waals surface area contributed by atoms with Gasteiger partial charge in [0.1, 0.15) is 23.2 Å². The molecule has 0 bridgehead atoms. The van der Waals surface area contributed by atoms with E-state index in [4.69, 9.17) is 4.74 Å². The molecule has 3 aromatic rings. The van der Waals surface area contributed by atoms with E-state index in [1.165, 1.54) is 18.2 Å². The molecule has 1 N–H and O–H groups in total. The molecule has 4 nitrogen and oxygen atoms in total. The van der Waals surface area contributed by atoms with Gasteiger partial charge in [-0.2, -0.15) is 5.26 Å². The number of carbonyl (C=O) groups excluding carboxylic acids is 1. The van der Waals surface area contributed by atoms with Crippen molar-refractivity contribution in [1.29, 1.82) is 5.26 Å². The number of benzene rings is 3. The molecular weight excluding hydrogens is 391 g/mol. The molecule has 0 saturated carbocycles. The molecule has 3 aromatic carbocycles. The molecule has 5 heteroatoms. The lowest BCUT2D eigenvalue weighted by atomic mass is 10.0. The molecule has 0 saturated heterocycles. The first kappa shape index (κ1) is 21.8. The van der Waals surface area contributed by atoms with Gasteiger partial charge in [0.05, 0.1) is 6.61 Å². The summed E-state index contributed by atoms with van der Waals surface area (Å²) in [5, 5.41) is 12.2. The van der Waals surface area contributed by atoms with Crippen LogP contribution < -0.4 is 10.1 Å². The SMILES string of the molecule is CCOc1cc(/C=C(\C#N)C(=O)Nc2cccc(C)c2)ccc1Cc1cccc(F)c1. The molecule has 0 aromatic heterocycles. The highest BCUT2D eigenvalue weighted by atomic mass is 19.1. The number of nitrogens with one attached hydrogen (secondary N) is 1. The van der Waals surface area contributed by atoms with E-state index in [-0.39, 0.29) is 11.4 Å². The Hall–Kier alpha value is -3.91. The van der Waals surface area contributed by atoms with E-state index in [2.05, 4.69) is 5.32 Å². The van der Waals surface area contributed by atoms with Gasteiger partial charge < -0.3 is 10.1 Å². The number of aryl methyl sites for hydroxylation is 1. The number of nitrogens with zero attached hydrogens (tertiary/aromatic N) is 1. The Morgan fingerprint density at radius 2 is 1.94 bits per heavy atom. The Morgan fingerprint density at radius 3 is 2.65 bits per heavy atom. The topological polar surface area (TPSA) is 62.1 Å². The van der Waals surface area contributed by atoms with Crippen molar-refractivity contribution in [3.8, 4) is 11.8 Å². The van der Waals surface area contributed by atoms with Crippen molar-refractivity contribution in [3.63, 3.8) is 0 Å². The molecule has 0 fully saturated rings. The van der Waals surface area contributed by atoms with Crippen LogP contribution in [-0.2, 0) is 11.2 Å². The van der Waals surface area contributed by atoms with Gasteiger partial charge in [0.2, 0.25) is 0 Å². The predicted molar refractivity (Wildman–Crippen MR) is 120 cm³/mol. The summed E-state index contributed by atoms with van der Waals surface area (Å²) in [4.78, 5) is 12.5. The Balaban J connectivity index is 1.85. The lowest BCUT2D eigenvalue weighted by Crippen LogP contribution is -2.13. The van der Waals surface area contributed by atoms with Crippen molar-refractivity contribution in [2.24, 2.45) is 0 Å². The van der Waals surface area contributed by atoms with Crippen LogP contribution in [0.5, 0.6) is 5.75 Å². The number of anilines is 1. The van der Waals surface area contributed by atoms with E-state index in [0.717, 1.165) is 16.7 Å². The summed E-state index contributed by atoms with van der Waals surface area (Å²) in [6, 6.07) is 21.2.